The maximum Gasteiger partial charge on any atom is 0.103 e. The zero-order valence-corrected chi connectivity index (χ0v) is 4.90. The lowest BCUT2D eigenvalue weighted by Gasteiger charge is -1.85. The van der Waals surface area contributed by atoms with E-state index >= 15 is 0 Å². The minimum absolute atomic E-state index is 0.0478. The number of hydrogen-bond donors (Lipinski definition) is 0. The van der Waals surface area contributed by atoms with Gasteiger partial charge in [-0.15, -0.1) is 0 Å². The van der Waals surface area contributed by atoms with Gasteiger partial charge in [-0.1, -0.05) is 13.0 Å². The third-order valence-electron chi connectivity index (χ3n) is 0.780. The summed E-state index contributed by atoms with van der Waals surface area (Å²) < 4.78 is 0. The summed E-state index contributed by atoms with van der Waals surface area (Å²) in [6.07, 6.45) is 2.93. The van der Waals surface area contributed by atoms with Crippen molar-refractivity contribution < 1.29 is 5.11 Å². The van der Waals surface area contributed by atoms with Crippen LogP contribution in [0.4, 0.5) is 0 Å². The van der Waals surface area contributed by atoms with Crippen LogP contribution in [0.1, 0.15) is 20.3 Å². The zero-order valence-electron chi connectivity index (χ0n) is 4.90. The van der Waals surface area contributed by atoms with Gasteiger partial charge in [0.15, 0.2) is 0 Å². The van der Waals surface area contributed by atoms with Crippen molar-refractivity contribution in [2.75, 3.05) is 6.61 Å². The van der Waals surface area contributed by atoms with Gasteiger partial charge < -0.3 is 0 Å². The molecule has 7 heavy (non-hydrogen) atoms. The lowest BCUT2D eigenvalue weighted by molar-refractivity contribution is 0.223. The Morgan fingerprint density at radius 3 is 2.43 bits per heavy atom. The monoisotopic (exact) mass is 99.1 g/mol. The first-order chi connectivity index (χ1) is 3.31. The fourth-order valence-corrected chi connectivity index (χ4v) is 0.407. The van der Waals surface area contributed by atoms with E-state index in [1.165, 1.54) is 0 Å². The van der Waals surface area contributed by atoms with Crippen LogP contribution >= 0.6 is 0 Å². The Hall–Kier alpha value is -0.300. The summed E-state index contributed by atoms with van der Waals surface area (Å²) in [5.41, 5.74) is 0.947. The minimum atomic E-state index is -0.0478. The molecular formula is C6H11O. The summed E-state index contributed by atoms with van der Waals surface area (Å²) in [5.74, 6) is 0. The van der Waals surface area contributed by atoms with Gasteiger partial charge in [0, 0.05) is 0 Å². The van der Waals surface area contributed by atoms with Gasteiger partial charge in [0.05, 0.1) is 0 Å². The van der Waals surface area contributed by atoms with E-state index < -0.39 is 0 Å². The van der Waals surface area contributed by atoms with Crippen LogP contribution in [0.3, 0.4) is 0 Å². The van der Waals surface area contributed by atoms with Crippen molar-refractivity contribution in [1.29, 1.82) is 0 Å². The van der Waals surface area contributed by atoms with Crippen molar-refractivity contribution in [2.24, 2.45) is 0 Å². The molecule has 1 heteroatoms. The topological polar surface area (TPSA) is 19.9 Å². The third-order valence-corrected chi connectivity index (χ3v) is 0.780. The maximum absolute atomic E-state index is 9.95. The number of rotatable bonds is 2. The maximum atomic E-state index is 9.95. The lowest BCUT2D eigenvalue weighted by Crippen LogP contribution is -1.79. The molecule has 0 atom stereocenters. The molecule has 0 aromatic heterocycles. The molecule has 0 fully saturated rings. The summed E-state index contributed by atoms with van der Waals surface area (Å²) in [7, 11) is 0. The smallest absolute Gasteiger partial charge is 0.103 e. The molecular weight excluding hydrogens is 88.1 g/mol. The Morgan fingerprint density at radius 1 is 1.71 bits per heavy atom. The molecule has 1 nitrogen and oxygen atoms in total. The third kappa shape index (κ3) is 3.53. The predicted molar refractivity (Wildman–Crippen MR) is 29.6 cm³/mol. The van der Waals surface area contributed by atoms with E-state index in [4.69, 9.17) is 0 Å². The molecule has 0 amide bonds. The van der Waals surface area contributed by atoms with Crippen molar-refractivity contribution in [2.45, 2.75) is 20.3 Å². The molecule has 0 bridgehead atoms. The van der Waals surface area contributed by atoms with E-state index in [1.54, 1.807) is 0 Å². The van der Waals surface area contributed by atoms with Gasteiger partial charge in [-0.3, -0.25) is 0 Å². The van der Waals surface area contributed by atoms with Crippen LogP contribution in [-0.2, 0) is 5.11 Å². The first kappa shape index (κ1) is 6.70. The fraction of sp³-hybridized carbons (Fsp3) is 0.667. The molecule has 0 saturated carbocycles. The van der Waals surface area contributed by atoms with E-state index in [1.807, 2.05) is 19.9 Å². The molecule has 1 radical (unpaired) electrons. The second-order valence-electron chi connectivity index (χ2n) is 1.60. The van der Waals surface area contributed by atoms with Gasteiger partial charge in [-0.05, 0) is 18.9 Å². The van der Waals surface area contributed by atoms with Crippen molar-refractivity contribution in [3.8, 4) is 0 Å². The SMILES string of the molecule is CC/C=C(\C)C[O]. The first-order valence-corrected chi connectivity index (χ1v) is 2.55. The molecule has 0 rings (SSSR count). The molecule has 0 aliphatic carbocycles. The Balaban J connectivity index is 3.29. The minimum Gasteiger partial charge on any atom is -0.232 e. The fourth-order valence-electron chi connectivity index (χ4n) is 0.407. The summed E-state index contributed by atoms with van der Waals surface area (Å²) in [6, 6.07) is 0. The highest BCUT2D eigenvalue weighted by Crippen LogP contribution is 1.90. The van der Waals surface area contributed by atoms with E-state index in [0.717, 1.165) is 12.0 Å². The van der Waals surface area contributed by atoms with Gasteiger partial charge in [0.2, 0.25) is 0 Å². The molecule has 0 aliphatic rings. The average molecular weight is 99.2 g/mol. The van der Waals surface area contributed by atoms with Crippen molar-refractivity contribution in [1.82, 2.24) is 0 Å². The van der Waals surface area contributed by atoms with Crippen LogP contribution in [0.2, 0.25) is 0 Å². The van der Waals surface area contributed by atoms with E-state index in [2.05, 4.69) is 0 Å². The van der Waals surface area contributed by atoms with E-state index in [-0.39, 0.29) is 6.61 Å². The van der Waals surface area contributed by atoms with Crippen LogP contribution in [0.5, 0.6) is 0 Å². The molecule has 41 valence electrons. The van der Waals surface area contributed by atoms with Crippen LogP contribution in [0.25, 0.3) is 0 Å². The first-order valence-electron chi connectivity index (χ1n) is 2.55. The van der Waals surface area contributed by atoms with Gasteiger partial charge in [0.1, 0.15) is 6.61 Å². The van der Waals surface area contributed by atoms with E-state index in [9.17, 15) is 5.11 Å². The van der Waals surface area contributed by atoms with Crippen LogP contribution in [0.15, 0.2) is 11.6 Å². The van der Waals surface area contributed by atoms with Crippen LogP contribution in [0, 0.1) is 0 Å². The Kier molecular flexibility index (Phi) is 3.71. The number of allylic oxidation sites excluding steroid dienone is 1. The molecule has 0 N–H and O–H groups in total. The summed E-state index contributed by atoms with van der Waals surface area (Å²) in [4.78, 5) is 0. The molecule has 0 unspecified atom stereocenters. The molecule has 0 aliphatic heterocycles. The van der Waals surface area contributed by atoms with Crippen LogP contribution in [-0.4, -0.2) is 6.61 Å². The summed E-state index contributed by atoms with van der Waals surface area (Å²) >= 11 is 0. The largest absolute Gasteiger partial charge is 0.232 e. The Bertz CT molecular complexity index is 64.6. The van der Waals surface area contributed by atoms with Gasteiger partial charge >= 0.3 is 0 Å². The average Bonchev–Trinajstić information content (AvgIpc) is 1.68. The van der Waals surface area contributed by atoms with Crippen molar-refractivity contribution in [3.05, 3.63) is 11.6 Å². The molecule has 0 aromatic rings. The van der Waals surface area contributed by atoms with Crippen molar-refractivity contribution >= 4 is 0 Å². The zero-order chi connectivity index (χ0) is 5.70. The van der Waals surface area contributed by atoms with Gasteiger partial charge in [-0.2, -0.15) is 0 Å². The standard InChI is InChI=1S/C6H11O/c1-3-4-6(2)5-7/h4H,3,5H2,1-2H3/b6-4+. The predicted octanol–water partition coefficient (Wildman–Crippen LogP) is 1.77. The van der Waals surface area contributed by atoms with Crippen LogP contribution < -0.4 is 0 Å². The Labute approximate surface area is 44.7 Å². The Morgan fingerprint density at radius 2 is 2.29 bits per heavy atom. The summed E-state index contributed by atoms with van der Waals surface area (Å²) in [6.45, 7) is 3.84. The highest BCUT2D eigenvalue weighted by molar-refractivity contribution is 4.96. The normalized spacial score (nSPS) is 12.1. The highest BCUT2D eigenvalue weighted by atomic mass is 16.3. The molecule has 0 aromatic carbocycles. The molecule has 0 spiro atoms. The highest BCUT2D eigenvalue weighted by Gasteiger charge is 1.79. The lowest BCUT2D eigenvalue weighted by atomic mass is 10.3. The summed E-state index contributed by atoms with van der Waals surface area (Å²) in [5, 5.41) is 9.95. The van der Waals surface area contributed by atoms with Gasteiger partial charge in [-0.25, -0.2) is 5.11 Å². The second kappa shape index (κ2) is 3.88. The van der Waals surface area contributed by atoms with Gasteiger partial charge in [0.25, 0.3) is 0 Å². The molecule has 0 heterocycles. The molecule has 0 saturated heterocycles. The quantitative estimate of drug-likeness (QED) is 0.470. The van der Waals surface area contributed by atoms with Crippen molar-refractivity contribution in [3.63, 3.8) is 0 Å². The van der Waals surface area contributed by atoms with E-state index in [0.29, 0.717) is 0 Å². The number of hydrogen-bond acceptors (Lipinski definition) is 0. The second-order valence-corrected chi connectivity index (χ2v) is 1.60.